The molecule has 2 aliphatic carbocycles. The first kappa shape index (κ1) is 15.7. The first-order valence-corrected chi connectivity index (χ1v) is 8.25. The highest BCUT2D eigenvalue weighted by atomic mass is 19.2. The van der Waals surface area contributed by atoms with E-state index in [1.165, 1.54) is 16.4 Å². The SMILES string of the molecule is Cn1c(=O)n2n(c1=O)C1(C=CC2)[C@@H]2CC[C@@H]1c1c(F)c(F)c(F)c(F)c12. The Morgan fingerprint density at radius 3 is 2.00 bits per heavy atom. The summed E-state index contributed by atoms with van der Waals surface area (Å²) in [5.74, 6) is -8.03. The third kappa shape index (κ3) is 1.42. The minimum atomic E-state index is -1.85. The van der Waals surface area contributed by atoms with Gasteiger partial charge >= 0.3 is 11.4 Å². The Labute approximate surface area is 143 Å². The number of aromatic nitrogens is 3. The molecule has 1 aromatic carbocycles. The fraction of sp³-hybridized carbons (Fsp3) is 0.412. The summed E-state index contributed by atoms with van der Waals surface area (Å²) in [6.45, 7) is 0.139. The Hall–Kier alpha value is -2.58. The number of fused-ring (bicyclic) bond motifs is 4. The first-order valence-electron chi connectivity index (χ1n) is 8.25. The second-order valence-corrected chi connectivity index (χ2v) is 7.07. The monoisotopic (exact) mass is 367 g/mol. The van der Waals surface area contributed by atoms with Gasteiger partial charge in [-0.15, -0.1) is 0 Å². The van der Waals surface area contributed by atoms with Crippen molar-refractivity contribution in [3.63, 3.8) is 0 Å². The average Bonchev–Trinajstić information content (AvgIpc) is 3.20. The molecule has 2 aromatic rings. The normalized spacial score (nSPS) is 28.0. The van der Waals surface area contributed by atoms with E-state index in [9.17, 15) is 27.2 Å². The third-order valence-corrected chi connectivity index (χ3v) is 6.15. The predicted octanol–water partition coefficient (Wildman–Crippen LogP) is 1.84. The molecule has 26 heavy (non-hydrogen) atoms. The molecule has 5 rings (SSSR count). The van der Waals surface area contributed by atoms with Crippen molar-refractivity contribution in [2.75, 3.05) is 0 Å². The van der Waals surface area contributed by atoms with Crippen LogP contribution in [0.5, 0.6) is 0 Å². The molecule has 0 amide bonds. The molecule has 9 heteroatoms. The van der Waals surface area contributed by atoms with Crippen LogP contribution in [0, 0.1) is 23.3 Å². The van der Waals surface area contributed by atoms with Gasteiger partial charge in [0.15, 0.2) is 23.3 Å². The molecule has 1 spiro atoms. The topological polar surface area (TPSA) is 48.9 Å². The van der Waals surface area contributed by atoms with Gasteiger partial charge in [0, 0.05) is 30.0 Å². The van der Waals surface area contributed by atoms with Crippen molar-refractivity contribution in [2.24, 2.45) is 7.05 Å². The van der Waals surface area contributed by atoms with Crippen LogP contribution in [0.3, 0.4) is 0 Å². The van der Waals surface area contributed by atoms with Crippen molar-refractivity contribution in [2.45, 2.75) is 36.8 Å². The number of rotatable bonds is 0. The quantitative estimate of drug-likeness (QED) is 0.309. The molecular weight excluding hydrogens is 354 g/mol. The molecule has 1 fully saturated rings. The molecule has 136 valence electrons. The highest BCUT2D eigenvalue weighted by molar-refractivity contribution is 5.51. The van der Waals surface area contributed by atoms with Gasteiger partial charge in [-0.25, -0.2) is 41.1 Å². The standard InChI is InChI=1S/C17H13F4N3O2/c1-22-15(25)23-6-2-5-17(24(23)16(22)26)7-3-4-8(17)10-9(7)11(18)13(20)14(21)12(10)19/h2,5,7-8H,3-4,6H2,1H3/t7-,8-/m1/s1. The molecule has 0 radical (unpaired) electrons. The summed E-state index contributed by atoms with van der Waals surface area (Å²) in [6.07, 6.45) is 4.06. The van der Waals surface area contributed by atoms with Gasteiger partial charge in [-0.05, 0) is 12.8 Å². The Balaban J connectivity index is 1.90. The van der Waals surface area contributed by atoms with Crippen molar-refractivity contribution in [3.8, 4) is 0 Å². The molecule has 5 nitrogen and oxygen atoms in total. The van der Waals surface area contributed by atoms with Crippen molar-refractivity contribution in [3.05, 3.63) is 67.5 Å². The molecule has 2 bridgehead atoms. The zero-order valence-electron chi connectivity index (χ0n) is 13.6. The largest absolute Gasteiger partial charge is 0.347 e. The predicted molar refractivity (Wildman–Crippen MR) is 82.0 cm³/mol. The van der Waals surface area contributed by atoms with Gasteiger partial charge < -0.3 is 0 Å². The van der Waals surface area contributed by atoms with Crippen molar-refractivity contribution < 1.29 is 17.6 Å². The molecule has 0 saturated heterocycles. The number of hydrogen-bond acceptors (Lipinski definition) is 2. The Morgan fingerprint density at radius 1 is 0.923 bits per heavy atom. The van der Waals surface area contributed by atoms with Crippen molar-refractivity contribution in [1.29, 1.82) is 0 Å². The third-order valence-electron chi connectivity index (χ3n) is 6.15. The van der Waals surface area contributed by atoms with E-state index < -0.39 is 52.0 Å². The van der Waals surface area contributed by atoms with Crippen LogP contribution in [0.1, 0.15) is 35.8 Å². The number of hydrogen-bond donors (Lipinski definition) is 0. The van der Waals surface area contributed by atoms with Crippen LogP contribution in [-0.4, -0.2) is 13.9 Å². The molecule has 2 heterocycles. The summed E-state index contributed by atoms with van der Waals surface area (Å²) in [6, 6.07) is 0. The van der Waals surface area contributed by atoms with Crippen molar-refractivity contribution >= 4 is 0 Å². The molecule has 1 aromatic heterocycles. The van der Waals surface area contributed by atoms with Crippen LogP contribution in [0.4, 0.5) is 17.6 Å². The lowest BCUT2D eigenvalue weighted by Crippen LogP contribution is -2.48. The van der Waals surface area contributed by atoms with Crippen molar-refractivity contribution in [1.82, 2.24) is 13.9 Å². The van der Waals surface area contributed by atoms with Gasteiger partial charge in [-0.3, -0.25) is 0 Å². The van der Waals surface area contributed by atoms with Crippen LogP contribution in [-0.2, 0) is 19.1 Å². The molecule has 0 N–H and O–H groups in total. The van der Waals surface area contributed by atoms with Gasteiger partial charge in [-0.1, -0.05) is 12.2 Å². The van der Waals surface area contributed by atoms with E-state index in [1.54, 1.807) is 12.2 Å². The maximum absolute atomic E-state index is 14.5. The Kier molecular flexibility index (Phi) is 2.75. The van der Waals surface area contributed by atoms with E-state index in [-0.39, 0.29) is 17.7 Å². The van der Waals surface area contributed by atoms with Gasteiger partial charge in [0.05, 0.1) is 12.1 Å². The highest BCUT2D eigenvalue weighted by Gasteiger charge is 2.62. The minimum absolute atomic E-state index is 0.139. The zero-order valence-corrected chi connectivity index (χ0v) is 13.6. The van der Waals surface area contributed by atoms with Gasteiger partial charge in [0.2, 0.25) is 0 Å². The van der Waals surface area contributed by atoms with E-state index in [4.69, 9.17) is 0 Å². The summed E-state index contributed by atoms with van der Waals surface area (Å²) in [7, 11) is 1.32. The van der Waals surface area contributed by atoms with Crippen LogP contribution in [0.25, 0.3) is 0 Å². The molecule has 1 aliphatic heterocycles. The number of nitrogens with zero attached hydrogens (tertiary/aromatic N) is 3. The summed E-state index contributed by atoms with van der Waals surface area (Å²) in [5.41, 5.74) is -2.85. The number of halogens is 4. The molecule has 2 atom stereocenters. The smallest absolute Gasteiger partial charge is 0.246 e. The summed E-state index contributed by atoms with van der Waals surface area (Å²) < 4.78 is 60.1. The Morgan fingerprint density at radius 2 is 1.46 bits per heavy atom. The second-order valence-electron chi connectivity index (χ2n) is 7.07. The summed E-state index contributed by atoms with van der Waals surface area (Å²) >= 11 is 0. The van der Waals surface area contributed by atoms with Gasteiger partial charge in [0.25, 0.3) is 0 Å². The molecular formula is C17H13F4N3O2. The maximum Gasteiger partial charge on any atom is 0.347 e. The Bertz CT molecular complexity index is 1100. The zero-order chi connectivity index (χ0) is 18.5. The summed E-state index contributed by atoms with van der Waals surface area (Å²) in [5, 5.41) is 0. The molecule has 1 saturated carbocycles. The van der Waals surface area contributed by atoms with E-state index in [1.807, 2.05) is 0 Å². The van der Waals surface area contributed by atoms with E-state index in [0.29, 0.717) is 12.8 Å². The lowest BCUT2D eigenvalue weighted by atomic mass is 9.84. The van der Waals surface area contributed by atoms with Crippen LogP contribution >= 0.6 is 0 Å². The van der Waals surface area contributed by atoms with Gasteiger partial charge in [-0.2, -0.15) is 0 Å². The first-order chi connectivity index (χ1) is 12.3. The minimum Gasteiger partial charge on any atom is -0.246 e. The van der Waals surface area contributed by atoms with E-state index in [2.05, 4.69) is 0 Å². The number of benzene rings is 1. The average molecular weight is 367 g/mol. The maximum atomic E-state index is 14.5. The van der Waals surface area contributed by atoms with E-state index >= 15 is 0 Å². The lowest BCUT2D eigenvalue weighted by molar-refractivity contribution is 0.232. The fourth-order valence-corrected chi connectivity index (χ4v) is 5.20. The fourth-order valence-electron chi connectivity index (χ4n) is 5.20. The lowest BCUT2D eigenvalue weighted by Gasteiger charge is -2.36. The van der Waals surface area contributed by atoms with E-state index in [0.717, 1.165) is 4.57 Å². The van der Waals surface area contributed by atoms with Crippen LogP contribution in [0.15, 0.2) is 21.7 Å². The second kappa shape index (κ2) is 4.57. The molecule has 3 aliphatic rings. The van der Waals surface area contributed by atoms with Crippen LogP contribution < -0.4 is 11.4 Å². The number of allylic oxidation sites excluding steroid dienone is 2. The highest BCUT2D eigenvalue weighted by Crippen LogP contribution is 2.65. The van der Waals surface area contributed by atoms with Crippen LogP contribution in [0.2, 0.25) is 0 Å². The molecule has 0 unspecified atom stereocenters. The van der Waals surface area contributed by atoms with Gasteiger partial charge in [0.1, 0.15) is 0 Å². The summed E-state index contributed by atoms with van der Waals surface area (Å²) in [4.78, 5) is 25.0.